The van der Waals surface area contributed by atoms with Crippen molar-refractivity contribution in [3.05, 3.63) is 23.9 Å². The molecule has 1 aromatic rings. The Kier molecular flexibility index (Phi) is 4.81. The molecule has 1 unspecified atom stereocenters. The van der Waals surface area contributed by atoms with E-state index >= 15 is 0 Å². The van der Waals surface area contributed by atoms with Gasteiger partial charge in [-0.1, -0.05) is 19.4 Å². The summed E-state index contributed by atoms with van der Waals surface area (Å²) in [5.41, 5.74) is 0.825. The van der Waals surface area contributed by atoms with Crippen LogP contribution in [0.2, 0.25) is 0 Å². The van der Waals surface area contributed by atoms with Crippen LogP contribution in [-0.4, -0.2) is 30.8 Å². The molecule has 0 radical (unpaired) electrons. The summed E-state index contributed by atoms with van der Waals surface area (Å²) in [5, 5.41) is 0.124. The first-order valence-corrected chi connectivity index (χ1v) is 8.56. The lowest BCUT2D eigenvalue weighted by atomic mass is 10.0. The van der Waals surface area contributed by atoms with Crippen LogP contribution in [0.4, 0.5) is 0 Å². The van der Waals surface area contributed by atoms with Gasteiger partial charge < -0.3 is 0 Å². The average molecular weight is 303 g/mol. The highest BCUT2D eigenvalue weighted by molar-refractivity contribution is 7.89. The number of hydrogen-bond acceptors (Lipinski definition) is 3. The quantitative estimate of drug-likeness (QED) is 0.786. The molecule has 6 heteroatoms. The Morgan fingerprint density at radius 1 is 1.47 bits per heavy atom. The van der Waals surface area contributed by atoms with Crippen LogP contribution in [0.3, 0.4) is 0 Å². The minimum absolute atomic E-state index is 0.124. The molecule has 0 aromatic carbocycles. The van der Waals surface area contributed by atoms with Crippen molar-refractivity contribution < 1.29 is 8.42 Å². The van der Waals surface area contributed by atoms with Crippen molar-refractivity contribution in [1.29, 1.82) is 0 Å². The predicted molar refractivity (Wildman–Crippen MR) is 75.6 cm³/mol. The fraction of sp³-hybridized carbons (Fsp3) is 0.615. The van der Waals surface area contributed by atoms with Gasteiger partial charge in [0.1, 0.15) is 0 Å². The highest BCUT2D eigenvalue weighted by Gasteiger charge is 2.32. The maximum absolute atomic E-state index is 12.4. The molecule has 1 aliphatic heterocycles. The SMILES string of the molecule is CCCC1CCN(S(=O)(=O)c2ccc(CCl)cn2)C1. The molecular weight excluding hydrogens is 284 g/mol. The molecule has 0 aliphatic carbocycles. The lowest BCUT2D eigenvalue weighted by Crippen LogP contribution is -2.29. The predicted octanol–water partition coefficient (Wildman–Crippen LogP) is 2.63. The lowest BCUT2D eigenvalue weighted by Gasteiger charge is -2.16. The Bertz CT molecular complexity index is 516. The van der Waals surface area contributed by atoms with E-state index in [-0.39, 0.29) is 5.03 Å². The minimum Gasteiger partial charge on any atom is -0.243 e. The fourth-order valence-electron chi connectivity index (χ4n) is 2.43. The van der Waals surface area contributed by atoms with Gasteiger partial charge in [-0.15, -0.1) is 11.6 Å². The third kappa shape index (κ3) is 3.27. The van der Waals surface area contributed by atoms with E-state index in [1.165, 1.54) is 6.20 Å². The van der Waals surface area contributed by atoms with E-state index in [0.717, 1.165) is 24.8 Å². The summed E-state index contributed by atoms with van der Waals surface area (Å²) >= 11 is 5.67. The molecule has 0 amide bonds. The van der Waals surface area contributed by atoms with E-state index in [1.54, 1.807) is 16.4 Å². The summed E-state index contributed by atoms with van der Waals surface area (Å²) in [5.74, 6) is 0.831. The van der Waals surface area contributed by atoms with Gasteiger partial charge in [-0.25, -0.2) is 13.4 Å². The second kappa shape index (κ2) is 6.20. The van der Waals surface area contributed by atoms with Crippen molar-refractivity contribution in [3.8, 4) is 0 Å². The third-order valence-corrected chi connectivity index (χ3v) is 5.59. The molecule has 1 saturated heterocycles. The van der Waals surface area contributed by atoms with Gasteiger partial charge in [-0.2, -0.15) is 4.31 Å². The number of alkyl halides is 1. The molecule has 1 aromatic heterocycles. The smallest absolute Gasteiger partial charge is 0.243 e. The van der Waals surface area contributed by atoms with Crippen LogP contribution in [0.25, 0.3) is 0 Å². The number of sulfonamides is 1. The van der Waals surface area contributed by atoms with E-state index < -0.39 is 10.0 Å². The molecule has 4 nitrogen and oxygen atoms in total. The molecule has 106 valence electrons. The first-order valence-electron chi connectivity index (χ1n) is 6.59. The van der Waals surface area contributed by atoms with Gasteiger partial charge in [0.15, 0.2) is 5.03 Å². The molecule has 1 aliphatic rings. The van der Waals surface area contributed by atoms with Gasteiger partial charge >= 0.3 is 0 Å². The van der Waals surface area contributed by atoms with Crippen LogP contribution in [0.5, 0.6) is 0 Å². The van der Waals surface area contributed by atoms with Gasteiger partial charge in [0, 0.05) is 25.2 Å². The Hall–Kier alpha value is -0.650. The topological polar surface area (TPSA) is 50.3 Å². The first-order chi connectivity index (χ1) is 9.07. The normalized spacial score (nSPS) is 20.8. The van der Waals surface area contributed by atoms with Crippen molar-refractivity contribution in [2.45, 2.75) is 37.1 Å². The second-order valence-corrected chi connectivity index (χ2v) is 7.10. The molecule has 19 heavy (non-hydrogen) atoms. The molecular formula is C13H19ClN2O2S. The van der Waals surface area contributed by atoms with Crippen molar-refractivity contribution >= 4 is 21.6 Å². The van der Waals surface area contributed by atoms with Gasteiger partial charge in [-0.3, -0.25) is 0 Å². The Morgan fingerprint density at radius 3 is 2.84 bits per heavy atom. The van der Waals surface area contributed by atoms with E-state index in [4.69, 9.17) is 11.6 Å². The monoisotopic (exact) mass is 302 g/mol. The molecule has 0 spiro atoms. The molecule has 0 bridgehead atoms. The number of halogens is 1. The summed E-state index contributed by atoms with van der Waals surface area (Å²) < 4.78 is 26.4. The zero-order valence-corrected chi connectivity index (χ0v) is 12.6. The van der Waals surface area contributed by atoms with Crippen LogP contribution in [0.1, 0.15) is 31.7 Å². The summed E-state index contributed by atoms with van der Waals surface area (Å²) in [7, 11) is -3.44. The highest BCUT2D eigenvalue weighted by Crippen LogP contribution is 2.26. The van der Waals surface area contributed by atoms with Crippen molar-refractivity contribution in [3.63, 3.8) is 0 Å². The molecule has 0 N–H and O–H groups in total. The number of pyridine rings is 1. The first kappa shape index (κ1) is 14.8. The molecule has 1 atom stereocenters. The average Bonchev–Trinajstić information content (AvgIpc) is 2.89. The molecule has 2 heterocycles. The Morgan fingerprint density at radius 2 is 2.26 bits per heavy atom. The molecule has 1 fully saturated rings. The van der Waals surface area contributed by atoms with Crippen LogP contribution >= 0.6 is 11.6 Å². The van der Waals surface area contributed by atoms with Gasteiger partial charge in [0.2, 0.25) is 0 Å². The largest absolute Gasteiger partial charge is 0.260 e. The standard InChI is InChI=1S/C13H19ClN2O2S/c1-2-3-11-6-7-16(10-11)19(17,18)13-5-4-12(8-14)9-15-13/h4-5,9,11H,2-3,6-8,10H2,1H3. The summed E-state index contributed by atoms with van der Waals surface area (Å²) in [4.78, 5) is 4.02. The van der Waals surface area contributed by atoms with Crippen molar-refractivity contribution in [1.82, 2.24) is 9.29 Å². The molecule has 0 saturated carbocycles. The van der Waals surface area contributed by atoms with Crippen LogP contribution in [-0.2, 0) is 15.9 Å². The van der Waals surface area contributed by atoms with E-state index in [1.807, 2.05) is 0 Å². The Labute approximate surface area is 119 Å². The number of rotatable bonds is 5. The van der Waals surface area contributed by atoms with Crippen LogP contribution in [0.15, 0.2) is 23.4 Å². The summed E-state index contributed by atoms with van der Waals surface area (Å²) in [6.07, 6.45) is 4.66. The molecule has 2 rings (SSSR count). The van der Waals surface area contributed by atoms with Gasteiger partial charge in [0.25, 0.3) is 10.0 Å². The number of hydrogen-bond donors (Lipinski definition) is 0. The van der Waals surface area contributed by atoms with Gasteiger partial charge in [0.05, 0.1) is 0 Å². The fourth-order valence-corrected chi connectivity index (χ4v) is 4.04. The van der Waals surface area contributed by atoms with Crippen molar-refractivity contribution in [2.24, 2.45) is 5.92 Å². The van der Waals surface area contributed by atoms with Crippen LogP contribution < -0.4 is 0 Å². The number of nitrogens with zero attached hydrogens (tertiary/aromatic N) is 2. The Balaban J connectivity index is 2.13. The third-order valence-electron chi connectivity index (χ3n) is 3.50. The highest BCUT2D eigenvalue weighted by atomic mass is 35.5. The maximum Gasteiger partial charge on any atom is 0.260 e. The summed E-state index contributed by atoms with van der Waals surface area (Å²) in [6.45, 7) is 3.35. The van der Waals surface area contributed by atoms with Gasteiger partial charge in [-0.05, 0) is 30.4 Å². The van der Waals surface area contributed by atoms with Crippen molar-refractivity contribution in [2.75, 3.05) is 13.1 Å². The zero-order chi connectivity index (χ0) is 13.9. The second-order valence-electron chi connectivity index (χ2n) is 4.94. The van der Waals surface area contributed by atoms with E-state index in [9.17, 15) is 8.42 Å². The van der Waals surface area contributed by atoms with Crippen LogP contribution in [0, 0.1) is 5.92 Å². The van der Waals surface area contributed by atoms with E-state index in [2.05, 4.69) is 11.9 Å². The minimum atomic E-state index is -3.44. The lowest BCUT2D eigenvalue weighted by molar-refractivity contribution is 0.442. The van der Waals surface area contributed by atoms with E-state index in [0.29, 0.717) is 24.9 Å². The summed E-state index contributed by atoms with van der Waals surface area (Å²) in [6, 6.07) is 3.26. The number of aromatic nitrogens is 1. The zero-order valence-electron chi connectivity index (χ0n) is 11.0. The maximum atomic E-state index is 12.4.